The molecule has 0 bridgehead atoms. The van der Waals surface area contributed by atoms with Crippen molar-refractivity contribution in [2.75, 3.05) is 12.3 Å². The average Bonchev–Trinajstić information content (AvgIpc) is 3.16. The summed E-state index contributed by atoms with van der Waals surface area (Å²) in [6.45, 7) is 2.73. The number of ketones is 1. The van der Waals surface area contributed by atoms with Crippen LogP contribution >= 0.6 is 11.8 Å². The Balaban J connectivity index is 1.66. The Morgan fingerprint density at radius 3 is 2.87 bits per heavy atom. The number of hydrogen-bond donors (Lipinski definition) is 3. The quantitative estimate of drug-likeness (QED) is 0.178. The number of carbonyl (C=O) groups excluding carboxylic acids is 1. The number of hydrogen-bond acceptors (Lipinski definition) is 8. The lowest BCUT2D eigenvalue weighted by atomic mass is 9.84. The largest absolute Gasteiger partial charge is 0.305 e. The minimum Gasteiger partial charge on any atom is -0.305 e. The summed E-state index contributed by atoms with van der Waals surface area (Å²) in [5.41, 5.74) is 0.634. The van der Waals surface area contributed by atoms with E-state index in [0.717, 1.165) is 25.1 Å². The van der Waals surface area contributed by atoms with Crippen LogP contribution in [0.3, 0.4) is 0 Å². The lowest BCUT2D eigenvalue weighted by molar-refractivity contribution is -0.127. The summed E-state index contributed by atoms with van der Waals surface area (Å²) >= 11 is 1.24. The van der Waals surface area contributed by atoms with Crippen molar-refractivity contribution in [2.24, 2.45) is 4.99 Å². The highest BCUT2D eigenvalue weighted by Crippen LogP contribution is 2.28. The maximum absolute atomic E-state index is 13.4. The van der Waals surface area contributed by atoms with Gasteiger partial charge in [-0.25, -0.2) is 22.8 Å². The van der Waals surface area contributed by atoms with Crippen LogP contribution in [-0.4, -0.2) is 45.0 Å². The van der Waals surface area contributed by atoms with Crippen molar-refractivity contribution >= 4 is 29.1 Å². The summed E-state index contributed by atoms with van der Waals surface area (Å²) < 4.78 is 43.9. The number of amidine groups is 1. The molecule has 1 aromatic carbocycles. The molecular formula is C18H20F3N5O3S. The van der Waals surface area contributed by atoms with Crippen LogP contribution in [0.25, 0.3) is 0 Å². The molecule has 1 saturated heterocycles. The Bertz CT molecular complexity index is 934. The molecule has 2 heterocycles. The highest BCUT2D eigenvalue weighted by Gasteiger charge is 2.37. The van der Waals surface area contributed by atoms with Crippen LogP contribution in [0, 0.1) is 5.82 Å². The number of carbonyl (C=O) groups is 1. The minimum atomic E-state index is -3.01. The summed E-state index contributed by atoms with van der Waals surface area (Å²) in [7, 11) is 0. The fraction of sp³-hybridized carbons (Fsp3) is 0.444. The van der Waals surface area contributed by atoms with Gasteiger partial charge < -0.3 is 5.32 Å². The summed E-state index contributed by atoms with van der Waals surface area (Å²) in [6.07, 6.45) is -1.18. The first-order valence-corrected chi connectivity index (χ1v) is 10.1. The number of thioether (sulfide) groups is 1. The molecule has 1 atom stereocenters. The van der Waals surface area contributed by atoms with E-state index in [1.807, 2.05) is 12.4 Å². The van der Waals surface area contributed by atoms with Crippen molar-refractivity contribution in [3.8, 4) is 0 Å². The van der Waals surface area contributed by atoms with Gasteiger partial charge >= 0.3 is 0 Å². The van der Waals surface area contributed by atoms with E-state index < -0.39 is 23.3 Å². The first-order valence-electron chi connectivity index (χ1n) is 9.14. The molecule has 0 saturated carbocycles. The molecule has 0 aliphatic carbocycles. The van der Waals surface area contributed by atoms with Gasteiger partial charge in [0.2, 0.25) is 0 Å². The number of hydroxylamine groups is 1. The third-order valence-electron chi connectivity index (χ3n) is 4.79. The Morgan fingerprint density at radius 2 is 2.23 bits per heavy atom. The number of aromatic nitrogens is 2. The predicted octanol–water partition coefficient (Wildman–Crippen LogP) is 3.40. The molecule has 0 amide bonds. The van der Waals surface area contributed by atoms with Crippen molar-refractivity contribution in [1.29, 1.82) is 0 Å². The number of alkyl halides is 2. The predicted molar refractivity (Wildman–Crippen MR) is 103 cm³/mol. The number of nitrogens with one attached hydrogen (secondary N) is 2. The molecular weight excluding hydrogens is 423 g/mol. The third-order valence-corrected chi connectivity index (χ3v) is 5.82. The van der Waals surface area contributed by atoms with E-state index in [9.17, 15) is 23.2 Å². The fourth-order valence-corrected chi connectivity index (χ4v) is 3.70. The van der Waals surface area contributed by atoms with E-state index in [-0.39, 0.29) is 23.0 Å². The van der Waals surface area contributed by atoms with Crippen molar-refractivity contribution in [1.82, 2.24) is 21.1 Å². The molecule has 12 heteroatoms. The second-order valence-electron chi connectivity index (χ2n) is 6.88. The molecule has 8 nitrogen and oxygen atoms in total. The molecule has 1 aliphatic heterocycles. The lowest BCUT2D eigenvalue weighted by Gasteiger charge is -2.38. The molecule has 1 fully saturated rings. The zero-order valence-electron chi connectivity index (χ0n) is 16.0. The van der Waals surface area contributed by atoms with Crippen LogP contribution in [0.4, 0.5) is 18.9 Å². The Kier molecular flexibility index (Phi) is 7.10. The van der Waals surface area contributed by atoms with Crippen LogP contribution in [0.5, 0.6) is 0 Å². The number of benzene rings is 1. The summed E-state index contributed by atoms with van der Waals surface area (Å²) in [5.74, 6) is -0.568. The van der Waals surface area contributed by atoms with E-state index in [1.165, 1.54) is 17.8 Å². The van der Waals surface area contributed by atoms with Crippen molar-refractivity contribution < 1.29 is 27.8 Å². The van der Waals surface area contributed by atoms with Gasteiger partial charge in [-0.2, -0.15) is 0 Å². The topological polar surface area (TPSA) is 113 Å². The van der Waals surface area contributed by atoms with Crippen LogP contribution < -0.4 is 10.8 Å². The summed E-state index contributed by atoms with van der Waals surface area (Å²) in [6, 6.07) is 2.92. The van der Waals surface area contributed by atoms with E-state index in [1.54, 1.807) is 0 Å². The number of aliphatic imine (C=N–C) groups is 1. The van der Waals surface area contributed by atoms with Crippen molar-refractivity contribution in [2.45, 2.75) is 43.2 Å². The van der Waals surface area contributed by atoms with Gasteiger partial charge in [0.25, 0.3) is 6.43 Å². The van der Waals surface area contributed by atoms with Gasteiger partial charge in [-0.1, -0.05) is 0 Å². The van der Waals surface area contributed by atoms with E-state index in [4.69, 9.17) is 4.63 Å². The van der Waals surface area contributed by atoms with Crippen LogP contribution in [0.15, 0.2) is 32.8 Å². The van der Waals surface area contributed by atoms with Crippen LogP contribution in [0.1, 0.15) is 43.9 Å². The first-order chi connectivity index (χ1) is 14.3. The maximum Gasteiger partial charge on any atom is 0.266 e. The molecule has 3 N–H and O–H groups in total. The molecule has 1 aliphatic rings. The second kappa shape index (κ2) is 9.58. The molecule has 0 radical (unpaired) electrons. The van der Waals surface area contributed by atoms with E-state index >= 15 is 0 Å². The van der Waals surface area contributed by atoms with Gasteiger partial charge in [0.05, 0.1) is 16.8 Å². The van der Waals surface area contributed by atoms with E-state index in [2.05, 4.69) is 20.6 Å². The Hall–Kier alpha value is -2.44. The molecule has 0 spiro atoms. The molecule has 1 unspecified atom stereocenters. The zero-order chi connectivity index (χ0) is 21.7. The van der Waals surface area contributed by atoms with E-state index in [0.29, 0.717) is 23.6 Å². The Labute approximate surface area is 174 Å². The third kappa shape index (κ3) is 4.99. The molecule has 3 rings (SSSR count). The maximum atomic E-state index is 13.4. The number of Topliss-reactive ketones (excluding diaryl/α,β-unsaturated/α-hetero) is 1. The second-order valence-corrected chi connectivity index (χ2v) is 7.96. The number of rotatable bonds is 9. The molecule has 162 valence electrons. The standard InChI is InChI=1S/C18H20F3N5O3S/c1-18(6-7-22-18)13(27)3-2-8-30-17-14(25-29-26-17)16(24-28)23-10-4-5-12(19)11(9-10)15(20)21/h4-5,9,15,22,28H,2-3,6-8H2,1H3,(H,23,24). The van der Waals surface area contributed by atoms with Gasteiger partial charge in [-0.15, -0.1) is 11.8 Å². The minimum absolute atomic E-state index is 0.0194. The monoisotopic (exact) mass is 443 g/mol. The zero-order valence-corrected chi connectivity index (χ0v) is 16.8. The van der Waals surface area contributed by atoms with Gasteiger partial charge in [0, 0.05) is 12.2 Å². The highest BCUT2D eigenvalue weighted by atomic mass is 32.2. The SMILES string of the molecule is CC1(C(=O)CCCSc2nonc2C(=Nc2ccc(F)c(C(F)F)c2)NO)CCN1. The molecule has 1 aromatic heterocycles. The van der Waals surface area contributed by atoms with Crippen LogP contribution in [-0.2, 0) is 4.79 Å². The van der Waals surface area contributed by atoms with Gasteiger partial charge in [0.1, 0.15) is 5.82 Å². The highest BCUT2D eigenvalue weighted by molar-refractivity contribution is 7.99. The van der Waals surface area contributed by atoms with Gasteiger partial charge in [0.15, 0.2) is 22.3 Å². The normalized spacial score (nSPS) is 19.1. The van der Waals surface area contributed by atoms with Crippen molar-refractivity contribution in [3.05, 3.63) is 35.3 Å². The summed E-state index contributed by atoms with van der Waals surface area (Å²) in [4.78, 5) is 16.2. The number of nitrogens with zero attached hydrogens (tertiary/aromatic N) is 3. The summed E-state index contributed by atoms with van der Waals surface area (Å²) in [5, 5.41) is 20.3. The van der Waals surface area contributed by atoms with Crippen LogP contribution in [0.2, 0.25) is 0 Å². The fourth-order valence-electron chi connectivity index (χ4n) is 2.86. The van der Waals surface area contributed by atoms with Gasteiger partial charge in [-0.3, -0.25) is 15.5 Å². The Morgan fingerprint density at radius 1 is 1.47 bits per heavy atom. The lowest BCUT2D eigenvalue weighted by Crippen LogP contribution is -2.59. The average molecular weight is 443 g/mol. The smallest absolute Gasteiger partial charge is 0.266 e. The van der Waals surface area contributed by atoms with Gasteiger partial charge in [-0.05, 0) is 54.8 Å². The molecule has 30 heavy (non-hydrogen) atoms. The molecule has 2 aromatic rings. The van der Waals surface area contributed by atoms with Crippen molar-refractivity contribution in [3.63, 3.8) is 0 Å². The first kappa shape index (κ1) is 22.2. The number of halogens is 3.